The van der Waals surface area contributed by atoms with Gasteiger partial charge in [-0.05, 0) is 61.2 Å². The molecule has 0 saturated carbocycles. The average Bonchev–Trinajstić information content (AvgIpc) is 2.97. The van der Waals surface area contributed by atoms with E-state index in [9.17, 15) is 14.4 Å². The van der Waals surface area contributed by atoms with E-state index in [4.69, 9.17) is 11.6 Å². The highest BCUT2D eigenvalue weighted by atomic mass is 35.5. The summed E-state index contributed by atoms with van der Waals surface area (Å²) in [6.07, 6.45) is 4.57. The van der Waals surface area contributed by atoms with Crippen molar-refractivity contribution in [2.75, 3.05) is 10.2 Å². The predicted molar refractivity (Wildman–Crippen MR) is 113 cm³/mol. The van der Waals surface area contributed by atoms with Crippen LogP contribution in [0, 0.1) is 24.7 Å². The maximum Gasteiger partial charge on any atom is 0.255 e. The van der Waals surface area contributed by atoms with Crippen LogP contribution in [-0.4, -0.2) is 17.7 Å². The van der Waals surface area contributed by atoms with Gasteiger partial charge in [0, 0.05) is 16.3 Å². The summed E-state index contributed by atoms with van der Waals surface area (Å²) in [4.78, 5) is 39.5. The largest absolute Gasteiger partial charge is 0.322 e. The number of allylic oxidation sites excluding steroid dienone is 2. The van der Waals surface area contributed by atoms with E-state index in [-0.39, 0.29) is 35.5 Å². The van der Waals surface area contributed by atoms with E-state index in [1.807, 2.05) is 26.0 Å². The monoisotopic (exact) mass is 408 g/mol. The smallest absolute Gasteiger partial charge is 0.255 e. The minimum Gasteiger partial charge on any atom is -0.322 e. The normalized spacial score (nSPS) is 23.3. The molecule has 3 amide bonds. The van der Waals surface area contributed by atoms with E-state index in [2.05, 4.69) is 5.32 Å². The Hall–Kier alpha value is -2.92. The molecule has 1 aliphatic heterocycles. The number of halogens is 1. The van der Waals surface area contributed by atoms with Gasteiger partial charge in [0.1, 0.15) is 0 Å². The molecule has 0 unspecified atom stereocenters. The molecule has 1 aliphatic carbocycles. The summed E-state index contributed by atoms with van der Waals surface area (Å²) >= 11 is 6.10. The van der Waals surface area contributed by atoms with Gasteiger partial charge in [0.05, 0.1) is 17.5 Å². The van der Waals surface area contributed by atoms with Crippen molar-refractivity contribution in [3.8, 4) is 0 Å². The lowest BCUT2D eigenvalue weighted by molar-refractivity contribution is -0.122. The molecule has 1 heterocycles. The molecule has 1 saturated heterocycles. The van der Waals surface area contributed by atoms with Crippen LogP contribution in [0.2, 0.25) is 5.02 Å². The third-order valence-electron chi connectivity index (χ3n) is 5.78. The van der Waals surface area contributed by atoms with Crippen molar-refractivity contribution >= 4 is 40.7 Å². The molecule has 29 heavy (non-hydrogen) atoms. The Morgan fingerprint density at radius 1 is 1.10 bits per heavy atom. The SMILES string of the molecule is Cc1c(Cl)cccc1NC(=O)c1ccc(N2C(=O)[C@@H]3[C@@H](C)C=CC[C@H]3C2=O)cc1. The van der Waals surface area contributed by atoms with Gasteiger partial charge in [-0.15, -0.1) is 0 Å². The number of carbonyl (C=O) groups excluding carboxylic acids is 3. The maximum atomic E-state index is 12.9. The summed E-state index contributed by atoms with van der Waals surface area (Å²) in [7, 11) is 0. The number of nitrogens with one attached hydrogen (secondary N) is 1. The Morgan fingerprint density at radius 3 is 2.52 bits per heavy atom. The van der Waals surface area contributed by atoms with E-state index in [0.717, 1.165) is 5.56 Å². The molecular weight excluding hydrogens is 388 g/mol. The molecule has 2 aliphatic rings. The van der Waals surface area contributed by atoms with Gasteiger partial charge < -0.3 is 5.32 Å². The number of amides is 3. The van der Waals surface area contributed by atoms with Crippen molar-refractivity contribution in [2.24, 2.45) is 17.8 Å². The molecule has 1 fully saturated rings. The van der Waals surface area contributed by atoms with E-state index < -0.39 is 0 Å². The van der Waals surface area contributed by atoms with Gasteiger partial charge in [0.15, 0.2) is 0 Å². The van der Waals surface area contributed by atoms with Gasteiger partial charge in [0.25, 0.3) is 5.91 Å². The number of anilines is 2. The Labute approximate surface area is 174 Å². The van der Waals surface area contributed by atoms with Crippen LogP contribution in [0.1, 0.15) is 29.3 Å². The van der Waals surface area contributed by atoms with E-state index in [1.165, 1.54) is 4.90 Å². The molecule has 1 N–H and O–H groups in total. The van der Waals surface area contributed by atoms with Gasteiger partial charge >= 0.3 is 0 Å². The number of rotatable bonds is 3. The van der Waals surface area contributed by atoms with E-state index in [1.54, 1.807) is 42.5 Å². The lowest BCUT2D eigenvalue weighted by Gasteiger charge is -2.22. The van der Waals surface area contributed by atoms with E-state index in [0.29, 0.717) is 28.4 Å². The Morgan fingerprint density at radius 2 is 1.83 bits per heavy atom. The molecule has 2 aromatic rings. The minimum absolute atomic E-state index is 0.0428. The zero-order valence-electron chi connectivity index (χ0n) is 16.2. The highest BCUT2D eigenvalue weighted by Crippen LogP contribution is 2.40. The molecule has 0 spiro atoms. The number of fused-ring (bicyclic) bond motifs is 1. The number of hydrogen-bond acceptors (Lipinski definition) is 3. The first kappa shape index (κ1) is 19.4. The topological polar surface area (TPSA) is 66.5 Å². The second kappa shape index (κ2) is 7.48. The summed E-state index contributed by atoms with van der Waals surface area (Å²) < 4.78 is 0. The molecule has 2 aromatic carbocycles. The predicted octanol–water partition coefficient (Wildman–Crippen LogP) is 4.60. The molecule has 0 bridgehead atoms. The van der Waals surface area contributed by atoms with Crippen LogP contribution in [0.15, 0.2) is 54.6 Å². The Kier molecular flexibility index (Phi) is 5.01. The van der Waals surface area contributed by atoms with Crippen molar-refractivity contribution in [1.29, 1.82) is 0 Å². The van der Waals surface area contributed by atoms with Gasteiger partial charge in [-0.25, -0.2) is 0 Å². The number of nitrogens with zero attached hydrogens (tertiary/aromatic N) is 1. The fraction of sp³-hybridized carbons (Fsp3) is 0.261. The molecule has 148 valence electrons. The van der Waals surface area contributed by atoms with Crippen LogP contribution in [-0.2, 0) is 9.59 Å². The highest BCUT2D eigenvalue weighted by molar-refractivity contribution is 6.31. The van der Waals surface area contributed by atoms with Gasteiger partial charge in [0.2, 0.25) is 11.8 Å². The fourth-order valence-electron chi connectivity index (χ4n) is 4.10. The van der Waals surface area contributed by atoms with Gasteiger partial charge in [-0.3, -0.25) is 19.3 Å². The first-order valence-electron chi connectivity index (χ1n) is 9.59. The van der Waals surface area contributed by atoms with Crippen LogP contribution in [0.5, 0.6) is 0 Å². The lowest BCUT2D eigenvalue weighted by Crippen LogP contribution is -2.31. The first-order valence-corrected chi connectivity index (χ1v) is 9.97. The third kappa shape index (κ3) is 3.36. The van der Waals surface area contributed by atoms with Crippen LogP contribution in [0.3, 0.4) is 0 Å². The standard InChI is InChI=1S/C23H21ClN2O3/c1-13-5-3-6-17-20(13)23(29)26(22(17)28)16-11-9-15(10-12-16)21(27)25-19-8-4-7-18(24)14(19)2/h3-5,7-13,17,20H,6H2,1-2H3,(H,25,27)/t13-,17+,20+/m0/s1. The summed E-state index contributed by atoms with van der Waals surface area (Å²) in [6, 6.07) is 11.8. The van der Waals surface area contributed by atoms with Crippen molar-refractivity contribution in [1.82, 2.24) is 0 Å². The molecule has 3 atom stereocenters. The average molecular weight is 409 g/mol. The summed E-state index contributed by atoms with van der Waals surface area (Å²) in [5.41, 5.74) is 2.36. The van der Waals surface area contributed by atoms with Gasteiger partial charge in [-0.2, -0.15) is 0 Å². The van der Waals surface area contributed by atoms with Crippen LogP contribution in [0.25, 0.3) is 0 Å². The van der Waals surface area contributed by atoms with Crippen molar-refractivity contribution in [3.63, 3.8) is 0 Å². The van der Waals surface area contributed by atoms with Crippen LogP contribution in [0.4, 0.5) is 11.4 Å². The van der Waals surface area contributed by atoms with Crippen molar-refractivity contribution in [3.05, 3.63) is 70.8 Å². The molecule has 5 nitrogen and oxygen atoms in total. The first-order chi connectivity index (χ1) is 13.9. The highest BCUT2D eigenvalue weighted by Gasteiger charge is 2.50. The molecule has 4 rings (SSSR count). The van der Waals surface area contributed by atoms with Crippen LogP contribution >= 0.6 is 11.6 Å². The Bertz CT molecular complexity index is 1030. The third-order valence-corrected chi connectivity index (χ3v) is 6.19. The zero-order valence-corrected chi connectivity index (χ0v) is 16.9. The quantitative estimate of drug-likeness (QED) is 0.596. The van der Waals surface area contributed by atoms with Crippen molar-refractivity contribution < 1.29 is 14.4 Å². The number of imide groups is 1. The van der Waals surface area contributed by atoms with Crippen molar-refractivity contribution in [2.45, 2.75) is 20.3 Å². The van der Waals surface area contributed by atoms with Crippen LogP contribution < -0.4 is 10.2 Å². The number of carbonyl (C=O) groups is 3. The lowest BCUT2D eigenvalue weighted by atomic mass is 9.78. The van der Waals surface area contributed by atoms with Gasteiger partial charge in [-0.1, -0.05) is 36.7 Å². The second-order valence-electron chi connectivity index (χ2n) is 7.58. The van der Waals surface area contributed by atoms with E-state index >= 15 is 0 Å². The molecule has 0 aromatic heterocycles. The maximum absolute atomic E-state index is 12.9. The zero-order chi connectivity index (χ0) is 20.7. The molecular formula is C23H21ClN2O3. The number of hydrogen-bond donors (Lipinski definition) is 1. The Balaban J connectivity index is 1.54. The number of benzene rings is 2. The minimum atomic E-state index is -0.304. The summed E-state index contributed by atoms with van der Waals surface area (Å²) in [5.74, 6) is -1.17. The molecule has 0 radical (unpaired) electrons. The second-order valence-corrected chi connectivity index (χ2v) is 7.99. The molecule has 6 heteroatoms. The summed E-state index contributed by atoms with van der Waals surface area (Å²) in [6.45, 7) is 3.80. The summed E-state index contributed by atoms with van der Waals surface area (Å²) in [5, 5.41) is 3.42. The fourth-order valence-corrected chi connectivity index (χ4v) is 4.28.